The molecule has 1 atom stereocenters. The molecule has 0 aliphatic carbocycles. The first kappa shape index (κ1) is 12.6. The second kappa shape index (κ2) is 5.63. The van der Waals surface area contributed by atoms with E-state index in [1.165, 1.54) is 11.3 Å². The summed E-state index contributed by atoms with van der Waals surface area (Å²) >= 11 is 3.02. The van der Waals surface area contributed by atoms with Gasteiger partial charge in [-0.3, -0.25) is 0 Å². The maximum Gasteiger partial charge on any atom is 0.131 e. The maximum absolute atomic E-state index is 8.95. The lowest BCUT2D eigenvalue weighted by Crippen LogP contribution is -2.13. The third kappa shape index (κ3) is 2.68. The van der Waals surface area contributed by atoms with Gasteiger partial charge in [-0.05, 0) is 12.7 Å². The first-order valence-electron chi connectivity index (χ1n) is 5.44. The lowest BCUT2D eigenvalue weighted by molar-refractivity contribution is 0.187. The number of hydrogen-bond donors (Lipinski definition) is 2. The van der Waals surface area contributed by atoms with E-state index in [2.05, 4.69) is 11.4 Å². The molecule has 0 radical (unpaired) electrons. The minimum absolute atomic E-state index is 0.568. The molecule has 17 heavy (non-hydrogen) atoms. The fraction of sp³-hybridized carbons (Fsp3) is 0.545. The Labute approximate surface area is 109 Å². The maximum atomic E-state index is 8.95. The average molecular weight is 269 g/mol. The van der Waals surface area contributed by atoms with Crippen molar-refractivity contribution in [3.05, 3.63) is 4.88 Å². The number of hydrogen-bond acceptors (Lipinski definition) is 6. The summed E-state index contributed by atoms with van der Waals surface area (Å²) in [6, 6.07) is 2.13. The van der Waals surface area contributed by atoms with Gasteiger partial charge in [-0.2, -0.15) is 5.26 Å². The Bertz CT molecular complexity index is 433. The number of nitrogen functional groups attached to an aromatic ring is 1. The smallest absolute Gasteiger partial charge is 0.131 e. The van der Waals surface area contributed by atoms with E-state index in [1.54, 1.807) is 11.8 Å². The molecule has 1 aromatic rings. The molecular weight excluding hydrogens is 254 g/mol. The largest absolute Gasteiger partial charge is 0.396 e. The summed E-state index contributed by atoms with van der Waals surface area (Å²) in [6.45, 7) is 2.57. The molecule has 0 amide bonds. The number of nitrogens with one attached hydrogen (secondary N) is 1. The minimum atomic E-state index is 0.568. The van der Waals surface area contributed by atoms with Crippen molar-refractivity contribution in [3.63, 3.8) is 0 Å². The van der Waals surface area contributed by atoms with Crippen molar-refractivity contribution in [1.29, 1.82) is 5.26 Å². The van der Waals surface area contributed by atoms with Crippen LogP contribution in [0.15, 0.2) is 4.90 Å². The SMILES string of the molecule is CSc1c(NCC2CCOC2)sc(C#N)c1N. The van der Waals surface area contributed by atoms with Gasteiger partial charge in [0.25, 0.3) is 0 Å². The fourth-order valence-corrected chi connectivity index (χ4v) is 3.65. The van der Waals surface area contributed by atoms with Crippen LogP contribution in [0.1, 0.15) is 11.3 Å². The van der Waals surface area contributed by atoms with Crippen LogP contribution in [-0.2, 0) is 4.74 Å². The third-order valence-corrected chi connectivity index (χ3v) is 4.81. The van der Waals surface area contributed by atoms with Crippen LogP contribution in [0.5, 0.6) is 0 Å². The van der Waals surface area contributed by atoms with Crippen LogP contribution < -0.4 is 11.1 Å². The van der Waals surface area contributed by atoms with E-state index in [9.17, 15) is 0 Å². The predicted molar refractivity (Wildman–Crippen MR) is 72.6 cm³/mol. The van der Waals surface area contributed by atoms with Crippen LogP contribution in [0.2, 0.25) is 0 Å². The van der Waals surface area contributed by atoms with E-state index in [0.717, 1.165) is 36.1 Å². The van der Waals surface area contributed by atoms with E-state index in [-0.39, 0.29) is 0 Å². The second-order valence-corrected chi connectivity index (χ2v) is 5.77. The van der Waals surface area contributed by atoms with Gasteiger partial charge < -0.3 is 15.8 Å². The van der Waals surface area contributed by atoms with E-state index in [0.29, 0.717) is 16.5 Å². The molecule has 1 unspecified atom stereocenters. The van der Waals surface area contributed by atoms with Gasteiger partial charge >= 0.3 is 0 Å². The average Bonchev–Trinajstić information content (AvgIpc) is 2.94. The summed E-state index contributed by atoms with van der Waals surface area (Å²) in [5, 5.41) is 13.4. The number of ether oxygens (including phenoxy) is 1. The molecule has 6 heteroatoms. The fourth-order valence-electron chi connectivity index (χ4n) is 1.81. The standard InChI is InChI=1S/C11H15N3OS2/c1-16-10-9(13)8(4-12)17-11(10)14-5-7-2-3-15-6-7/h7,14H,2-3,5-6,13H2,1H3. The second-order valence-electron chi connectivity index (χ2n) is 3.93. The quantitative estimate of drug-likeness (QED) is 0.821. The van der Waals surface area contributed by atoms with Gasteiger partial charge in [0.2, 0.25) is 0 Å². The lowest BCUT2D eigenvalue weighted by Gasteiger charge is -2.10. The van der Waals surface area contributed by atoms with E-state index >= 15 is 0 Å². The molecule has 0 saturated carbocycles. The Kier molecular flexibility index (Phi) is 4.15. The van der Waals surface area contributed by atoms with Gasteiger partial charge in [0.05, 0.1) is 17.2 Å². The van der Waals surface area contributed by atoms with Gasteiger partial charge in [-0.15, -0.1) is 23.1 Å². The Balaban J connectivity index is 2.06. The van der Waals surface area contributed by atoms with Crippen molar-refractivity contribution in [2.75, 3.05) is 37.1 Å². The summed E-state index contributed by atoms with van der Waals surface area (Å²) in [7, 11) is 0. The summed E-state index contributed by atoms with van der Waals surface area (Å²) in [5.41, 5.74) is 6.52. The molecule has 2 rings (SSSR count). The molecule has 92 valence electrons. The van der Waals surface area contributed by atoms with Gasteiger partial charge in [0.15, 0.2) is 0 Å². The number of anilines is 2. The molecule has 1 saturated heterocycles. The van der Waals surface area contributed by atoms with Gasteiger partial charge in [-0.1, -0.05) is 0 Å². The van der Waals surface area contributed by atoms with Crippen LogP contribution in [0.25, 0.3) is 0 Å². The Morgan fingerprint density at radius 1 is 1.71 bits per heavy atom. The van der Waals surface area contributed by atoms with Gasteiger partial charge in [0, 0.05) is 19.1 Å². The molecule has 3 N–H and O–H groups in total. The normalized spacial score (nSPS) is 19.2. The zero-order valence-electron chi connectivity index (χ0n) is 9.66. The lowest BCUT2D eigenvalue weighted by atomic mass is 10.1. The van der Waals surface area contributed by atoms with E-state index < -0.39 is 0 Å². The zero-order chi connectivity index (χ0) is 12.3. The minimum Gasteiger partial charge on any atom is -0.396 e. The van der Waals surface area contributed by atoms with Gasteiger partial charge in [-0.25, -0.2) is 0 Å². The van der Waals surface area contributed by atoms with Crippen LogP contribution in [0.4, 0.5) is 10.7 Å². The summed E-state index contributed by atoms with van der Waals surface area (Å²) in [5.74, 6) is 0.568. The number of thiophene rings is 1. The van der Waals surface area contributed by atoms with Crippen molar-refractivity contribution >= 4 is 33.8 Å². The number of nitriles is 1. The molecule has 0 aromatic carbocycles. The van der Waals surface area contributed by atoms with Crippen LogP contribution in [0, 0.1) is 17.2 Å². The molecule has 1 aromatic heterocycles. The molecule has 1 aliphatic rings. The van der Waals surface area contributed by atoms with Crippen molar-refractivity contribution in [1.82, 2.24) is 0 Å². The molecule has 1 fully saturated rings. The molecule has 4 nitrogen and oxygen atoms in total. The highest BCUT2D eigenvalue weighted by molar-refractivity contribution is 7.99. The van der Waals surface area contributed by atoms with Crippen LogP contribution >= 0.6 is 23.1 Å². The molecule has 2 heterocycles. The first-order valence-corrected chi connectivity index (χ1v) is 7.48. The van der Waals surface area contributed by atoms with Crippen LogP contribution in [-0.4, -0.2) is 26.0 Å². The van der Waals surface area contributed by atoms with E-state index in [4.69, 9.17) is 15.7 Å². The summed E-state index contributed by atoms with van der Waals surface area (Å²) < 4.78 is 5.33. The van der Waals surface area contributed by atoms with Crippen molar-refractivity contribution in [3.8, 4) is 6.07 Å². The van der Waals surface area contributed by atoms with Gasteiger partial charge in [0.1, 0.15) is 15.9 Å². The van der Waals surface area contributed by atoms with Crippen molar-refractivity contribution < 1.29 is 4.74 Å². The number of nitrogens with two attached hydrogens (primary N) is 1. The summed E-state index contributed by atoms with van der Waals surface area (Å²) in [4.78, 5) is 1.59. The highest BCUT2D eigenvalue weighted by Crippen LogP contribution is 2.41. The summed E-state index contributed by atoms with van der Waals surface area (Å²) in [6.07, 6.45) is 3.08. The number of nitrogens with zero attached hydrogens (tertiary/aromatic N) is 1. The van der Waals surface area contributed by atoms with E-state index in [1.807, 2.05) is 6.26 Å². The monoisotopic (exact) mass is 269 g/mol. The van der Waals surface area contributed by atoms with Crippen molar-refractivity contribution in [2.45, 2.75) is 11.3 Å². The number of rotatable bonds is 4. The van der Waals surface area contributed by atoms with Crippen LogP contribution in [0.3, 0.4) is 0 Å². The Morgan fingerprint density at radius 3 is 3.12 bits per heavy atom. The van der Waals surface area contributed by atoms with Crippen molar-refractivity contribution in [2.24, 2.45) is 5.92 Å². The zero-order valence-corrected chi connectivity index (χ0v) is 11.3. The molecular formula is C11H15N3OS2. The highest BCUT2D eigenvalue weighted by atomic mass is 32.2. The first-order chi connectivity index (χ1) is 8.26. The molecule has 0 spiro atoms. The predicted octanol–water partition coefficient (Wildman–Crippen LogP) is 2.37. The molecule has 1 aliphatic heterocycles. The third-order valence-electron chi connectivity index (χ3n) is 2.78. The Hall–Kier alpha value is -0.900. The molecule has 0 bridgehead atoms. The Morgan fingerprint density at radius 2 is 2.53 bits per heavy atom. The highest BCUT2D eigenvalue weighted by Gasteiger charge is 2.18. The number of thioether (sulfide) groups is 1. The topological polar surface area (TPSA) is 71.1 Å².